The Labute approximate surface area is 108 Å². The maximum absolute atomic E-state index is 11.6. The van der Waals surface area contributed by atoms with Crippen molar-refractivity contribution in [1.29, 1.82) is 0 Å². The van der Waals surface area contributed by atoms with Gasteiger partial charge >= 0.3 is 5.97 Å². The topological polar surface area (TPSA) is 69.4 Å². The summed E-state index contributed by atoms with van der Waals surface area (Å²) in [6.07, 6.45) is 3.65. The molecule has 0 unspecified atom stereocenters. The van der Waals surface area contributed by atoms with E-state index >= 15 is 0 Å². The molecule has 0 N–H and O–H groups in total. The van der Waals surface area contributed by atoms with E-state index in [1.807, 2.05) is 13.8 Å². The number of carbonyl (C=O) groups is 1. The van der Waals surface area contributed by atoms with Gasteiger partial charge in [-0.15, -0.1) is 0 Å². The monoisotopic (exact) mass is 257 g/mol. The summed E-state index contributed by atoms with van der Waals surface area (Å²) < 4.78 is 4.96. The molecule has 1 aliphatic rings. The maximum Gasteiger partial charge on any atom is 0.306 e. The Balaban J connectivity index is 2.74. The molecule has 0 bridgehead atoms. The van der Waals surface area contributed by atoms with Gasteiger partial charge in [0, 0.05) is 17.3 Å². The Morgan fingerprint density at radius 2 is 2.00 bits per heavy atom. The molecule has 2 atom stereocenters. The predicted octanol–water partition coefficient (Wildman–Crippen LogP) is 2.80. The zero-order chi connectivity index (χ0) is 13.8. The molecule has 0 radical (unpaired) electrons. The van der Waals surface area contributed by atoms with Crippen LogP contribution >= 0.6 is 0 Å². The molecule has 5 heteroatoms. The lowest BCUT2D eigenvalue weighted by molar-refractivity contribution is -0.539. The van der Waals surface area contributed by atoms with Crippen LogP contribution < -0.4 is 0 Å². The summed E-state index contributed by atoms with van der Waals surface area (Å²) in [6.45, 7) is 6.01. The fourth-order valence-corrected chi connectivity index (χ4v) is 2.99. The molecule has 0 amide bonds. The molecule has 0 spiro atoms. The van der Waals surface area contributed by atoms with Gasteiger partial charge in [-0.3, -0.25) is 14.9 Å². The standard InChI is InChI=1S/C13H23NO4/c1-4-18-12(15)9-13(2,3)10-7-5-6-8-11(10)14(16)17/h10-11H,4-9H2,1-3H3/t10-,11-/m0/s1. The van der Waals surface area contributed by atoms with Crippen molar-refractivity contribution in [2.24, 2.45) is 11.3 Å². The van der Waals surface area contributed by atoms with Gasteiger partial charge in [0.05, 0.1) is 13.0 Å². The van der Waals surface area contributed by atoms with Gasteiger partial charge in [0.1, 0.15) is 0 Å². The van der Waals surface area contributed by atoms with Crippen molar-refractivity contribution in [3.63, 3.8) is 0 Å². The van der Waals surface area contributed by atoms with E-state index in [1.165, 1.54) is 0 Å². The highest BCUT2D eigenvalue weighted by atomic mass is 16.6. The number of hydrogen-bond donors (Lipinski definition) is 0. The van der Waals surface area contributed by atoms with Gasteiger partial charge in [0.25, 0.3) is 0 Å². The average molecular weight is 257 g/mol. The van der Waals surface area contributed by atoms with Crippen molar-refractivity contribution >= 4 is 5.97 Å². The van der Waals surface area contributed by atoms with E-state index in [4.69, 9.17) is 4.74 Å². The average Bonchev–Trinajstić information content (AvgIpc) is 2.28. The van der Waals surface area contributed by atoms with Crippen molar-refractivity contribution in [2.75, 3.05) is 6.61 Å². The van der Waals surface area contributed by atoms with E-state index < -0.39 is 6.04 Å². The lowest BCUT2D eigenvalue weighted by atomic mass is 9.67. The molecule has 0 saturated heterocycles. The zero-order valence-corrected chi connectivity index (χ0v) is 11.5. The second kappa shape index (κ2) is 6.16. The van der Waals surface area contributed by atoms with Crippen molar-refractivity contribution in [1.82, 2.24) is 0 Å². The molecule has 0 aliphatic heterocycles. The van der Waals surface area contributed by atoms with Crippen LogP contribution in [0.5, 0.6) is 0 Å². The van der Waals surface area contributed by atoms with E-state index in [0.29, 0.717) is 13.0 Å². The molecule has 0 aromatic heterocycles. The number of carbonyl (C=O) groups excluding carboxylic acids is 1. The predicted molar refractivity (Wildman–Crippen MR) is 67.8 cm³/mol. The second-order valence-corrected chi connectivity index (χ2v) is 5.71. The summed E-state index contributed by atoms with van der Waals surface area (Å²) in [5.74, 6) is -0.291. The maximum atomic E-state index is 11.6. The number of ether oxygens (including phenoxy) is 1. The third-order valence-electron chi connectivity index (χ3n) is 3.91. The van der Waals surface area contributed by atoms with Gasteiger partial charge in [-0.2, -0.15) is 0 Å². The van der Waals surface area contributed by atoms with Crippen LogP contribution in [-0.2, 0) is 9.53 Å². The molecule has 1 aliphatic carbocycles. The minimum atomic E-state index is -0.511. The minimum absolute atomic E-state index is 0.0364. The molecule has 18 heavy (non-hydrogen) atoms. The number of esters is 1. The zero-order valence-electron chi connectivity index (χ0n) is 11.5. The first-order valence-corrected chi connectivity index (χ1v) is 6.67. The summed E-state index contributed by atoms with van der Waals surface area (Å²) in [5, 5.41) is 11.1. The van der Waals surface area contributed by atoms with Crippen LogP contribution in [0.25, 0.3) is 0 Å². The Kier molecular flexibility index (Phi) is 5.11. The quantitative estimate of drug-likeness (QED) is 0.431. The largest absolute Gasteiger partial charge is 0.466 e. The highest BCUT2D eigenvalue weighted by molar-refractivity contribution is 5.70. The normalized spacial score (nSPS) is 24.6. The smallest absolute Gasteiger partial charge is 0.306 e. The summed E-state index contributed by atoms with van der Waals surface area (Å²) in [6, 6.07) is -0.511. The SMILES string of the molecule is CCOC(=O)CC(C)(C)[C@H]1CCCC[C@@H]1[N+](=O)[O-]. The molecule has 5 nitrogen and oxygen atoms in total. The molecule has 0 aromatic carbocycles. The third-order valence-corrected chi connectivity index (χ3v) is 3.91. The summed E-state index contributed by atoms with van der Waals surface area (Å²) in [7, 11) is 0. The first kappa shape index (κ1) is 14.9. The molecular formula is C13H23NO4. The van der Waals surface area contributed by atoms with Crippen molar-refractivity contribution in [2.45, 2.75) is 58.9 Å². The molecule has 104 valence electrons. The Morgan fingerprint density at radius 1 is 1.39 bits per heavy atom. The Morgan fingerprint density at radius 3 is 2.56 bits per heavy atom. The molecule has 1 saturated carbocycles. The summed E-state index contributed by atoms with van der Waals surface area (Å²) in [5.41, 5.74) is -0.371. The van der Waals surface area contributed by atoms with Gasteiger partial charge in [-0.25, -0.2) is 0 Å². The molecule has 1 fully saturated rings. The number of hydrogen-bond acceptors (Lipinski definition) is 4. The fourth-order valence-electron chi connectivity index (χ4n) is 2.99. The second-order valence-electron chi connectivity index (χ2n) is 5.71. The molecule has 0 aromatic rings. The lowest BCUT2D eigenvalue weighted by Gasteiger charge is -2.37. The van der Waals surface area contributed by atoms with E-state index in [9.17, 15) is 14.9 Å². The van der Waals surface area contributed by atoms with Crippen LogP contribution in [0.2, 0.25) is 0 Å². The molecule has 1 rings (SSSR count). The Hall–Kier alpha value is -1.13. The van der Waals surface area contributed by atoms with E-state index in [0.717, 1.165) is 19.3 Å². The first-order chi connectivity index (χ1) is 8.38. The fraction of sp³-hybridized carbons (Fsp3) is 0.923. The van der Waals surface area contributed by atoms with Crippen molar-refractivity contribution < 1.29 is 14.5 Å². The molecular weight excluding hydrogens is 234 g/mol. The van der Waals surface area contributed by atoms with Crippen LogP contribution in [0.1, 0.15) is 52.9 Å². The van der Waals surface area contributed by atoms with Crippen LogP contribution in [0.4, 0.5) is 0 Å². The number of nitro groups is 1. The van der Waals surface area contributed by atoms with E-state index in [-0.39, 0.29) is 28.6 Å². The first-order valence-electron chi connectivity index (χ1n) is 6.67. The highest BCUT2D eigenvalue weighted by Crippen LogP contribution is 2.42. The van der Waals surface area contributed by atoms with Gasteiger partial charge in [0.2, 0.25) is 6.04 Å². The van der Waals surface area contributed by atoms with E-state index in [2.05, 4.69) is 0 Å². The highest BCUT2D eigenvalue weighted by Gasteiger charge is 2.44. The number of rotatable bonds is 5. The van der Waals surface area contributed by atoms with Gasteiger partial charge in [-0.05, 0) is 25.2 Å². The van der Waals surface area contributed by atoms with Crippen LogP contribution in [0.3, 0.4) is 0 Å². The van der Waals surface area contributed by atoms with Crippen molar-refractivity contribution in [3.8, 4) is 0 Å². The van der Waals surface area contributed by atoms with Crippen LogP contribution in [-0.4, -0.2) is 23.5 Å². The Bertz CT molecular complexity index is 314. The lowest BCUT2D eigenvalue weighted by Crippen LogP contribution is -2.42. The van der Waals surface area contributed by atoms with Gasteiger partial charge in [-0.1, -0.05) is 20.3 Å². The van der Waals surface area contributed by atoms with Crippen LogP contribution in [0.15, 0.2) is 0 Å². The summed E-state index contributed by atoms with van der Waals surface area (Å²) in [4.78, 5) is 22.5. The number of nitrogens with zero attached hydrogens (tertiary/aromatic N) is 1. The van der Waals surface area contributed by atoms with Crippen LogP contribution in [0, 0.1) is 21.4 Å². The van der Waals surface area contributed by atoms with E-state index in [1.54, 1.807) is 6.92 Å². The third kappa shape index (κ3) is 3.68. The van der Waals surface area contributed by atoms with Crippen molar-refractivity contribution in [3.05, 3.63) is 10.1 Å². The molecule has 0 heterocycles. The van der Waals surface area contributed by atoms with Gasteiger partial charge < -0.3 is 4.74 Å². The summed E-state index contributed by atoms with van der Waals surface area (Å²) >= 11 is 0. The minimum Gasteiger partial charge on any atom is -0.466 e. The van der Waals surface area contributed by atoms with Gasteiger partial charge in [0.15, 0.2) is 0 Å².